The van der Waals surface area contributed by atoms with Crippen molar-refractivity contribution in [1.82, 2.24) is 5.32 Å². The summed E-state index contributed by atoms with van der Waals surface area (Å²) in [6, 6.07) is 2.96. The number of ether oxygens (including phenoxy) is 2. The Morgan fingerprint density at radius 1 is 1.40 bits per heavy atom. The number of carboxylic acid groups (broad SMARTS) is 1. The highest BCUT2D eigenvalue weighted by molar-refractivity contribution is 6.33. The molecule has 0 heterocycles. The van der Waals surface area contributed by atoms with Crippen molar-refractivity contribution in [3.8, 4) is 11.5 Å². The molecule has 0 aliphatic rings. The first kappa shape index (κ1) is 16.6. The van der Waals surface area contributed by atoms with Crippen molar-refractivity contribution in [2.45, 2.75) is 32.4 Å². The summed E-state index contributed by atoms with van der Waals surface area (Å²) in [6.07, 6.45) is 1.36. The molecule has 2 N–H and O–H groups in total. The molecule has 20 heavy (non-hydrogen) atoms. The number of hydrogen-bond acceptors (Lipinski definition) is 4. The Labute approximate surface area is 123 Å². The molecule has 5 nitrogen and oxygen atoms in total. The molecule has 112 valence electrons. The highest BCUT2D eigenvalue weighted by atomic mass is 35.5. The fourth-order valence-corrected chi connectivity index (χ4v) is 2.20. The van der Waals surface area contributed by atoms with Crippen molar-refractivity contribution >= 4 is 17.6 Å². The van der Waals surface area contributed by atoms with E-state index in [2.05, 4.69) is 5.32 Å². The Hall–Kier alpha value is -1.46. The van der Waals surface area contributed by atoms with E-state index in [1.165, 1.54) is 14.2 Å². The van der Waals surface area contributed by atoms with Crippen LogP contribution >= 0.6 is 11.6 Å². The Morgan fingerprint density at radius 3 is 2.60 bits per heavy atom. The second-order valence-corrected chi connectivity index (χ2v) is 4.71. The minimum absolute atomic E-state index is 0.357. The number of halogens is 1. The lowest BCUT2D eigenvalue weighted by Crippen LogP contribution is -2.36. The molecule has 1 atom stereocenters. The molecule has 6 heteroatoms. The van der Waals surface area contributed by atoms with Crippen molar-refractivity contribution in [3.63, 3.8) is 0 Å². The normalized spacial score (nSPS) is 12.0. The highest BCUT2D eigenvalue weighted by Crippen LogP contribution is 2.37. The molecule has 0 saturated carbocycles. The maximum Gasteiger partial charge on any atom is 0.320 e. The van der Waals surface area contributed by atoms with Gasteiger partial charge < -0.3 is 19.9 Å². The van der Waals surface area contributed by atoms with Gasteiger partial charge in [-0.2, -0.15) is 0 Å². The van der Waals surface area contributed by atoms with Gasteiger partial charge in [0.1, 0.15) is 6.04 Å². The molecule has 1 rings (SSSR count). The van der Waals surface area contributed by atoms with Crippen molar-refractivity contribution in [1.29, 1.82) is 0 Å². The zero-order chi connectivity index (χ0) is 15.1. The van der Waals surface area contributed by atoms with Gasteiger partial charge in [0.15, 0.2) is 11.5 Å². The molecule has 0 aliphatic carbocycles. The zero-order valence-electron chi connectivity index (χ0n) is 11.9. The van der Waals surface area contributed by atoms with E-state index >= 15 is 0 Å². The number of rotatable bonds is 8. The van der Waals surface area contributed by atoms with Gasteiger partial charge in [0, 0.05) is 6.54 Å². The fraction of sp³-hybridized carbons (Fsp3) is 0.500. The zero-order valence-corrected chi connectivity index (χ0v) is 12.7. The molecular weight excluding hydrogens is 282 g/mol. The lowest BCUT2D eigenvalue weighted by Gasteiger charge is -2.16. The SMILES string of the molecule is CCCC(NCc1ccc(OC)c(OC)c1Cl)C(=O)O. The number of carbonyl (C=O) groups is 1. The average Bonchev–Trinajstić information content (AvgIpc) is 2.43. The number of aliphatic carboxylic acids is 1. The van der Waals surface area contributed by atoms with Gasteiger partial charge in [-0.1, -0.05) is 31.0 Å². The minimum Gasteiger partial charge on any atom is -0.493 e. The standard InChI is InChI=1S/C14H20ClNO4/c1-4-5-10(14(17)18)16-8-9-6-7-11(19-2)13(20-3)12(9)15/h6-7,10,16H,4-5,8H2,1-3H3,(H,17,18). The van der Waals surface area contributed by atoms with Gasteiger partial charge in [0.2, 0.25) is 0 Å². The van der Waals surface area contributed by atoms with Crippen LogP contribution < -0.4 is 14.8 Å². The van der Waals surface area contributed by atoms with E-state index in [9.17, 15) is 4.79 Å². The lowest BCUT2D eigenvalue weighted by atomic mass is 10.1. The van der Waals surface area contributed by atoms with E-state index in [1.54, 1.807) is 12.1 Å². The van der Waals surface area contributed by atoms with Gasteiger partial charge in [-0.15, -0.1) is 0 Å². The third kappa shape index (κ3) is 4.02. The highest BCUT2D eigenvalue weighted by Gasteiger charge is 2.18. The van der Waals surface area contributed by atoms with E-state index in [0.29, 0.717) is 29.5 Å². The van der Waals surface area contributed by atoms with Gasteiger partial charge in [0.05, 0.1) is 19.2 Å². The fourth-order valence-electron chi connectivity index (χ4n) is 1.90. The summed E-state index contributed by atoms with van der Waals surface area (Å²) in [5, 5.41) is 12.5. The monoisotopic (exact) mass is 301 g/mol. The molecule has 0 aliphatic heterocycles. The molecule has 0 amide bonds. The van der Waals surface area contributed by atoms with Crippen LogP contribution in [0, 0.1) is 0 Å². The summed E-state index contributed by atoms with van der Waals surface area (Å²) in [6.45, 7) is 2.30. The summed E-state index contributed by atoms with van der Waals surface area (Å²) >= 11 is 6.24. The molecule has 0 saturated heterocycles. The summed E-state index contributed by atoms with van der Waals surface area (Å²) < 4.78 is 10.4. The largest absolute Gasteiger partial charge is 0.493 e. The number of hydrogen-bond donors (Lipinski definition) is 2. The van der Waals surface area contributed by atoms with Crippen molar-refractivity contribution < 1.29 is 19.4 Å². The Morgan fingerprint density at radius 2 is 2.10 bits per heavy atom. The predicted octanol–water partition coefficient (Wildman–Crippen LogP) is 2.70. The molecule has 0 bridgehead atoms. The molecule has 0 aromatic heterocycles. The van der Waals surface area contributed by atoms with Crippen LogP contribution in [0.25, 0.3) is 0 Å². The van der Waals surface area contributed by atoms with Crippen LogP contribution in [0.15, 0.2) is 12.1 Å². The van der Waals surface area contributed by atoms with Crippen LogP contribution in [0.4, 0.5) is 0 Å². The van der Waals surface area contributed by atoms with Crippen molar-refractivity contribution in [2.24, 2.45) is 0 Å². The summed E-state index contributed by atoms with van der Waals surface area (Å²) in [4.78, 5) is 11.1. The number of carboxylic acids is 1. The summed E-state index contributed by atoms with van der Waals surface area (Å²) in [5.41, 5.74) is 0.770. The summed E-state index contributed by atoms with van der Waals surface area (Å²) in [5.74, 6) is 0.142. The van der Waals surface area contributed by atoms with E-state index in [4.69, 9.17) is 26.2 Å². The molecule has 1 aromatic carbocycles. The minimum atomic E-state index is -0.858. The maximum atomic E-state index is 11.1. The smallest absolute Gasteiger partial charge is 0.320 e. The molecule has 1 unspecified atom stereocenters. The molecule has 0 radical (unpaired) electrons. The molecule has 0 spiro atoms. The predicted molar refractivity (Wildman–Crippen MR) is 77.7 cm³/mol. The first-order valence-corrected chi connectivity index (χ1v) is 6.78. The molecule has 1 aromatic rings. The van der Waals surface area contributed by atoms with Crippen molar-refractivity contribution in [2.75, 3.05) is 14.2 Å². The Bertz CT molecular complexity index is 465. The van der Waals surface area contributed by atoms with Crippen molar-refractivity contribution in [3.05, 3.63) is 22.7 Å². The average molecular weight is 302 g/mol. The Kier molecular flexibility index (Phi) is 6.61. The van der Waals surface area contributed by atoms with Gasteiger partial charge in [-0.25, -0.2) is 0 Å². The van der Waals surface area contributed by atoms with Crippen LogP contribution in [0.3, 0.4) is 0 Å². The van der Waals surface area contributed by atoms with Gasteiger partial charge in [-0.3, -0.25) is 4.79 Å². The number of benzene rings is 1. The van der Waals surface area contributed by atoms with Crippen LogP contribution in [-0.4, -0.2) is 31.3 Å². The quantitative estimate of drug-likeness (QED) is 0.773. The van der Waals surface area contributed by atoms with Crippen LogP contribution in [0.2, 0.25) is 5.02 Å². The van der Waals surface area contributed by atoms with Crippen LogP contribution in [-0.2, 0) is 11.3 Å². The second-order valence-electron chi connectivity index (χ2n) is 4.33. The lowest BCUT2D eigenvalue weighted by molar-refractivity contribution is -0.139. The first-order valence-electron chi connectivity index (χ1n) is 6.40. The topological polar surface area (TPSA) is 67.8 Å². The van der Waals surface area contributed by atoms with E-state index in [0.717, 1.165) is 12.0 Å². The van der Waals surface area contributed by atoms with Crippen LogP contribution in [0.1, 0.15) is 25.3 Å². The second kappa shape index (κ2) is 7.97. The third-order valence-electron chi connectivity index (χ3n) is 2.98. The molecule has 0 fully saturated rings. The first-order chi connectivity index (χ1) is 9.54. The van der Waals surface area contributed by atoms with Crippen LogP contribution in [0.5, 0.6) is 11.5 Å². The third-order valence-corrected chi connectivity index (χ3v) is 3.39. The molecular formula is C14H20ClNO4. The van der Waals surface area contributed by atoms with E-state index in [1.807, 2.05) is 6.92 Å². The van der Waals surface area contributed by atoms with E-state index < -0.39 is 12.0 Å². The maximum absolute atomic E-state index is 11.1. The van der Waals surface area contributed by atoms with Gasteiger partial charge in [0.25, 0.3) is 0 Å². The van der Waals surface area contributed by atoms with Gasteiger partial charge in [-0.05, 0) is 18.1 Å². The number of nitrogens with one attached hydrogen (secondary N) is 1. The van der Waals surface area contributed by atoms with E-state index in [-0.39, 0.29) is 0 Å². The van der Waals surface area contributed by atoms with Gasteiger partial charge >= 0.3 is 5.97 Å². The Balaban J connectivity index is 2.85. The number of methoxy groups -OCH3 is 2. The summed E-state index contributed by atoms with van der Waals surface area (Å²) in [7, 11) is 3.05.